The number of para-hydroxylation sites is 1. The molecule has 2 aromatic heterocycles. The molecule has 0 fully saturated rings. The minimum atomic E-state index is 0.219. The maximum Gasteiger partial charge on any atom is 0.223 e. The highest BCUT2D eigenvalue weighted by Gasteiger charge is 2.17. The van der Waals surface area contributed by atoms with Crippen molar-refractivity contribution < 1.29 is 4.42 Å². The zero-order chi connectivity index (χ0) is 16.1. The molecule has 0 N–H and O–H groups in total. The Labute approximate surface area is 142 Å². The molecule has 0 unspecified atom stereocenters. The van der Waals surface area contributed by atoms with E-state index in [-0.39, 0.29) is 5.28 Å². The van der Waals surface area contributed by atoms with Gasteiger partial charge in [-0.2, -0.15) is 0 Å². The van der Waals surface area contributed by atoms with Crippen LogP contribution in [0.4, 0.5) is 0 Å². The molecule has 0 saturated heterocycles. The summed E-state index contributed by atoms with van der Waals surface area (Å²) in [7, 11) is 0. The zero-order valence-electron chi connectivity index (χ0n) is 12.5. The van der Waals surface area contributed by atoms with E-state index in [9.17, 15) is 0 Å². The summed E-state index contributed by atoms with van der Waals surface area (Å²) in [5, 5.41) is 3.42. The molecule has 0 amide bonds. The molecule has 2 heterocycles. The van der Waals surface area contributed by atoms with Crippen LogP contribution in [-0.2, 0) is 0 Å². The molecular weight excluding hydrogens is 320 g/mol. The fourth-order valence-corrected chi connectivity index (χ4v) is 3.35. The quantitative estimate of drug-likeness (QED) is 0.362. The van der Waals surface area contributed by atoms with E-state index < -0.39 is 0 Å². The molecule has 4 heteroatoms. The summed E-state index contributed by atoms with van der Waals surface area (Å²) in [6.07, 6.45) is 0. The van der Waals surface area contributed by atoms with Gasteiger partial charge in [-0.05, 0) is 34.5 Å². The fraction of sp³-hybridized carbons (Fsp3) is 0. The fourth-order valence-electron chi connectivity index (χ4n) is 3.18. The smallest absolute Gasteiger partial charge is 0.223 e. The number of rotatable bonds is 1. The second kappa shape index (κ2) is 5.05. The minimum Gasteiger partial charge on any atom is -0.452 e. The van der Waals surface area contributed by atoms with Crippen molar-refractivity contribution in [3.8, 4) is 11.3 Å². The SMILES string of the molecule is Clc1nc(-c2cccc3ccccc23)c2oc3ccccc3c2n1. The van der Waals surface area contributed by atoms with Gasteiger partial charge in [0, 0.05) is 10.9 Å². The van der Waals surface area contributed by atoms with Gasteiger partial charge in [0.2, 0.25) is 5.28 Å². The Balaban J connectivity index is 1.95. The van der Waals surface area contributed by atoms with Crippen molar-refractivity contribution >= 4 is 44.4 Å². The number of fused-ring (bicyclic) bond motifs is 4. The van der Waals surface area contributed by atoms with Crippen LogP contribution in [0.1, 0.15) is 0 Å². The van der Waals surface area contributed by atoms with Gasteiger partial charge in [0.15, 0.2) is 5.58 Å². The first kappa shape index (κ1) is 13.5. The molecule has 0 spiro atoms. The highest BCUT2D eigenvalue weighted by molar-refractivity contribution is 6.29. The van der Waals surface area contributed by atoms with Crippen molar-refractivity contribution in [2.45, 2.75) is 0 Å². The molecule has 0 aliphatic heterocycles. The van der Waals surface area contributed by atoms with Gasteiger partial charge in [-0.1, -0.05) is 54.6 Å². The lowest BCUT2D eigenvalue weighted by Gasteiger charge is -2.06. The van der Waals surface area contributed by atoms with E-state index in [1.54, 1.807) is 0 Å². The van der Waals surface area contributed by atoms with Crippen molar-refractivity contribution in [1.82, 2.24) is 9.97 Å². The average Bonchev–Trinajstić information content (AvgIpc) is 2.99. The molecule has 5 rings (SSSR count). The van der Waals surface area contributed by atoms with Gasteiger partial charge in [-0.3, -0.25) is 0 Å². The number of furan rings is 1. The molecule has 0 saturated carbocycles. The third-order valence-electron chi connectivity index (χ3n) is 4.24. The number of hydrogen-bond donors (Lipinski definition) is 0. The lowest BCUT2D eigenvalue weighted by atomic mass is 10.0. The van der Waals surface area contributed by atoms with Gasteiger partial charge >= 0.3 is 0 Å². The first-order chi connectivity index (χ1) is 11.8. The summed E-state index contributed by atoms with van der Waals surface area (Å²) in [6.45, 7) is 0. The number of hydrogen-bond acceptors (Lipinski definition) is 3. The Bertz CT molecular complexity index is 1220. The van der Waals surface area contributed by atoms with Crippen molar-refractivity contribution in [3.63, 3.8) is 0 Å². The topological polar surface area (TPSA) is 38.9 Å². The van der Waals surface area contributed by atoms with Crippen molar-refractivity contribution in [1.29, 1.82) is 0 Å². The van der Waals surface area contributed by atoms with E-state index >= 15 is 0 Å². The Hall–Kier alpha value is -2.91. The van der Waals surface area contributed by atoms with Crippen LogP contribution in [0.25, 0.3) is 44.1 Å². The van der Waals surface area contributed by atoms with Crippen LogP contribution < -0.4 is 0 Å². The zero-order valence-corrected chi connectivity index (χ0v) is 13.3. The Morgan fingerprint density at radius 2 is 1.50 bits per heavy atom. The molecule has 0 atom stereocenters. The second-order valence-electron chi connectivity index (χ2n) is 5.64. The van der Waals surface area contributed by atoms with Crippen molar-refractivity contribution in [2.75, 3.05) is 0 Å². The largest absolute Gasteiger partial charge is 0.452 e. The van der Waals surface area contributed by atoms with Crippen LogP contribution >= 0.6 is 11.6 Å². The Morgan fingerprint density at radius 3 is 2.42 bits per heavy atom. The van der Waals surface area contributed by atoms with Gasteiger partial charge in [0.05, 0.1) is 0 Å². The summed E-state index contributed by atoms with van der Waals surface area (Å²) in [6, 6.07) is 22.2. The van der Waals surface area contributed by atoms with Gasteiger partial charge in [-0.15, -0.1) is 0 Å². The highest BCUT2D eigenvalue weighted by Crippen LogP contribution is 2.36. The average molecular weight is 331 g/mol. The first-order valence-corrected chi connectivity index (χ1v) is 8.02. The molecule has 114 valence electrons. The van der Waals surface area contributed by atoms with Crippen LogP contribution in [0.3, 0.4) is 0 Å². The van der Waals surface area contributed by atoms with Gasteiger partial charge in [-0.25, -0.2) is 9.97 Å². The maximum absolute atomic E-state index is 6.22. The van der Waals surface area contributed by atoms with Crippen molar-refractivity contribution in [3.05, 3.63) is 72.0 Å². The molecule has 0 bridgehead atoms. The monoisotopic (exact) mass is 330 g/mol. The minimum absolute atomic E-state index is 0.219. The summed E-state index contributed by atoms with van der Waals surface area (Å²) >= 11 is 6.22. The van der Waals surface area contributed by atoms with E-state index in [4.69, 9.17) is 16.0 Å². The van der Waals surface area contributed by atoms with Crippen LogP contribution in [0.5, 0.6) is 0 Å². The molecule has 3 aromatic carbocycles. The summed E-state index contributed by atoms with van der Waals surface area (Å²) in [4.78, 5) is 8.87. The molecule has 0 aliphatic rings. The lowest BCUT2D eigenvalue weighted by Crippen LogP contribution is -1.90. The predicted octanol–water partition coefficient (Wildman–Crippen LogP) is 5.85. The van der Waals surface area contributed by atoms with Crippen LogP contribution in [0.2, 0.25) is 5.28 Å². The predicted molar refractivity (Wildman–Crippen MR) is 97.3 cm³/mol. The van der Waals surface area contributed by atoms with E-state index in [0.29, 0.717) is 5.58 Å². The van der Waals surface area contributed by atoms with E-state index in [0.717, 1.165) is 38.5 Å². The van der Waals surface area contributed by atoms with Gasteiger partial charge in [0.25, 0.3) is 0 Å². The molecule has 3 nitrogen and oxygen atoms in total. The number of halogens is 1. The summed E-state index contributed by atoms with van der Waals surface area (Å²) in [5.74, 6) is 0. The normalized spacial score (nSPS) is 11.5. The van der Waals surface area contributed by atoms with Gasteiger partial charge < -0.3 is 4.42 Å². The molecule has 0 radical (unpaired) electrons. The van der Waals surface area contributed by atoms with Crippen molar-refractivity contribution in [2.24, 2.45) is 0 Å². The molecule has 24 heavy (non-hydrogen) atoms. The lowest BCUT2D eigenvalue weighted by molar-refractivity contribution is 0.667. The number of aromatic nitrogens is 2. The molecular formula is C20H11ClN2O. The standard InChI is InChI=1S/C20H11ClN2O/c21-20-22-17(14-10-5-7-12-6-1-2-8-13(12)14)19-18(23-20)15-9-3-4-11-16(15)24-19/h1-11H. The Morgan fingerprint density at radius 1 is 0.750 bits per heavy atom. The van der Waals surface area contributed by atoms with Crippen LogP contribution in [-0.4, -0.2) is 9.97 Å². The second-order valence-corrected chi connectivity index (χ2v) is 5.98. The van der Waals surface area contributed by atoms with E-state index in [2.05, 4.69) is 28.2 Å². The summed E-state index contributed by atoms with van der Waals surface area (Å²) in [5.41, 5.74) is 3.90. The third kappa shape index (κ3) is 1.92. The van der Waals surface area contributed by atoms with Gasteiger partial charge in [0.1, 0.15) is 16.8 Å². The van der Waals surface area contributed by atoms with Crippen LogP contribution in [0, 0.1) is 0 Å². The highest BCUT2D eigenvalue weighted by atomic mass is 35.5. The molecule has 0 aliphatic carbocycles. The Kier molecular flexibility index (Phi) is 2.84. The van der Waals surface area contributed by atoms with Crippen LogP contribution in [0.15, 0.2) is 71.1 Å². The first-order valence-electron chi connectivity index (χ1n) is 7.64. The third-order valence-corrected chi connectivity index (χ3v) is 4.41. The maximum atomic E-state index is 6.22. The summed E-state index contributed by atoms with van der Waals surface area (Å²) < 4.78 is 6.06. The number of benzene rings is 3. The number of nitrogens with zero attached hydrogens (tertiary/aromatic N) is 2. The van der Waals surface area contributed by atoms with E-state index in [1.165, 1.54) is 0 Å². The van der Waals surface area contributed by atoms with E-state index in [1.807, 2.05) is 48.5 Å². The molecule has 5 aromatic rings.